The average molecular weight is 318 g/mol. The number of hydrogen-bond acceptors (Lipinski definition) is 4. The lowest BCUT2D eigenvalue weighted by Crippen LogP contribution is -2.38. The van der Waals surface area contributed by atoms with Crippen molar-refractivity contribution in [3.63, 3.8) is 0 Å². The monoisotopic (exact) mass is 318 g/mol. The first-order valence-corrected chi connectivity index (χ1v) is 9.07. The van der Waals surface area contributed by atoms with Crippen molar-refractivity contribution in [3.8, 4) is 0 Å². The predicted molar refractivity (Wildman–Crippen MR) is 85.3 cm³/mol. The van der Waals surface area contributed by atoms with Crippen LogP contribution < -0.4 is 0 Å². The van der Waals surface area contributed by atoms with E-state index in [0.29, 0.717) is 6.42 Å². The molecule has 0 unspecified atom stereocenters. The third-order valence-corrected chi connectivity index (χ3v) is 5.96. The first-order valence-electron chi connectivity index (χ1n) is 7.25. The Labute approximate surface area is 129 Å². The minimum Gasteiger partial charge on any atom is -0.341 e. The maximum Gasteiger partial charge on any atom is 0.227 e. The van der Waals surface area contributed by atoms with Crippen molar-refractivity contribution >= 4 is 26.6 Å². The highest BCUT2D eigenvalue weighted by molar-refractivity contribution is 7.91. The van der Waals surface area contributed by atoms with Crippen molar-refractivity contribution in [2.75, 3.05) is 18.6 Å². The second-order valence-electron chi connectivity index (χ2n) is 5.73. The molecule has 0 spiro atoms. The van der Waals surface area contributed by atoms with E-state index in [1.54, 1.807) is 18.1 Å². The summed E-state index contributed by atoms with van der Waals surface area (Å²) in [6.07, 6.45) is 2.48. The fourth-order valence-electron chi connectivity index (χ4n) is 2.88. The summed E-state index contributed by atoms with van der Waals surface area (Å²) in [5, 5.41) is 0.999. The van der Waals surface area contributed by atoms with Crippen LogP contribution in [0.3, 0.4) is 0 Å². The summed E-state index contributed by atoms with van der Waals surface area (Å²) in [6.45, 7) is 0. The van der Waals surface area contributed by atoms with Crippen molar-refractivity contribution in [3.05, 3.63) is 42.1 Å². The lowest BCUT2D eigenvalue weighted by Gasteiger charge is -2.23. The molecule has 2 aromatic rings. The van der Waals surface area contributed by atoms with Crippen LogP contribution in [0.15, 0.2) is 36.5 Å². The molecule has 0 aliphatic carbocycles. The smallest absolute Gasteiger partial charge is 0.227 e. The van der Waals surface area contributed by atoms with E-state index in [9.17, 15) is 13.2 Å². The van der Waals surface area contributed by atoms with E-state index < -0.39 is 9.84 Å². The molecule has 116 valence electrons. The Morgan fingerprint density at radius 3 is 2.82 bits per heavy atom. The van der Waals surface area contributed by atoms with Gasteiger partial charge in [0.25, 0.3) is 0 Å². The molecular formula is C16H18N2O3S. The molecular weight excluding hydrogens is 300 g/mol. The Morgan fingerprint density at radius 1 is 1.32 bits per heavy atom. The number of para-hydroxylation sites is 1. The molecule has 1 aromatic carbocycles. The Kier molecular flexibility index (Phi) is 3.87. The summed E-state index contributed by atoms with van der Waals surface area (Å²) in [4.78, 5) is 18.4. The first kappa shape index (κ1) is 15.0. The van der Waals surface area contributed by atoms with E-state index in [1.807, 2.05) is 30.3 Å². The van der Waals surface area contributed by atoms with Gasteiger partial charge in [0.2, 0.25) is 5.91 Å². The summed E-state index contributed by atoms with van der Waals surface area (Å²) in [5.41, 5.74) is 1.70. The summed E-state index contributed by atoms with van der Waals surface area (Å²) >= 11 is 0. The Hall–Kier alpha value is -1.95. The standard InChI is InChI=1S/C16H18N2O3S/c1-18(14-7-9-22(20,21)11-14)15(19)10-13-5-2-4-12-6-3-8-17-16(12)13/h2-6,8,14H,7,9-11H2,1H3/t14-/m1/s1. The molecule has 1 amide bonds. The largest absolute Gasteiger partial charge is 0.341 e. The number of carbonyl (C=O) groups excluding carboxylic acids is 1. The minimum atomic E-state index is -2.99. The highest BCUT2D eigenvalue weighted by Gasteiger charge is 2.32. The van der Waals surface area contributed by atoms with E-state index in [4.69, 9.17) is 0 Å². The summed E-state index contributed by atoms with van der Waals surface area (Å²) in [6, 6.07) is 9.39. The van der Waals surface area contributed by atoms with Crippen LogP contribution in [0, 0.1) is 0 Å². The molecule has 0 saturated carbocycles. The van der Waals surface area contributed by atoms with Crippen LogP contribution in [-0.2, 0) is 21.1 Å². The topological polar surface area (TPSA) is 67.3 Å². The molecule has 0 N–H and O–H groups in total. The van der Waals surface area contributed by atoms with Gasteiger partial charge in [-0.2, -0.15) is 0 Å². The molecule has 1 fully saturated rings. The number of amides is 1. The molecule has 1 atom stereocenters. The van der Waals surface area contributed by atoms with E-state index >= 15 is 0 Å². The van der Waals surface area contributed by atoms with Gasteiger partial charge >= 0.3 is 0 Å². The van der Waals surface area contributed by atoms with E-state index in [-0.39, 0.29) is 29.9 Å². The van der Waals surface area contributed by atoms with Gasteiger partial charge in [0.1, 0.15) is 0 Å². The maximum absolute atomic E-state index is 12.5. The predicted octanol–water partition coefficient (Wildman–Crippen LogP) is 1.42. The number of carbonyl (C=O) groups is 1. The van der Waals surface area contributed by atoms with Crippen LogP contribution in [-0.4, -0.2) is 48.8 Å². The van der Waals surface area contributed by atoms with Gasteiger partial charge in [-0.3, -0.25) is 9.78 Å². The van der Waals surface area contributed by atoms with Crippen molar-refractivity contribution in [1.29, 1.82) is 0 Å². The van der Waals surface area contributed by atoms with Gasteiger partial charge in [0.05, 0.1) is 23.4 Å². The van der Waals surface area contributed by atoms with Crippen LogP contribution in [0.1, 0.15) is 12.0 Å². The van der Waals surface area contributed by atoms with Gasteiger partial charge in [0, 0.05) is 24.7 Å². The van der Waals surface area contributed by atoms with E-state index in [0.717, 1.165) is 16.5 Å². The van der Waals surface area contributed by atoms with Gasteiger partial charge in [0.15, 0.2) is 9.84 Å². The number of sulfone groups is 1. The highest BCUT2D eigenvalue weighted by atomic mass is 32.2. The second-order valence-corrected chi connectivity index (χ2v) is 7.96. The number of aromatic nitrogens is 1. The second kappa shape index (κ2) is 5.68. The molecule has 1 aromatic heterocycles. The number of rotatable bonds is 3. The van der Waals surface area contributed by atoms with Crippen LogP contribution in [0.25, 0.3) is 10.9 Å². The molecule has 22 heavy (non-hydrogen) atoms. The lowest BCUT2D eigenvalue weighted by atomic mass is 10.1. The Balaban J connectivity index is 1.79. The summed E-state index contributed by atoms with van der Waals surface area (Å²) in [5.74, 6) is 0.175. The molecule has 1 aliphatic rings. The van der Waals surface area contributed by atoms with Gasteiger partial charge in [-0.1, -0.05) is 24.3 Å². The van der Waals surface area contributed by atoms with E-state index in [2.05, 4.69) is 4.98 Å². The zero-order valence-corrected chi connectivity index (χ0v) is 13.2. The van der Waals surface area contributed by atoms with Crippen LogP contribution in [0.4, 0.5) is 0 Å². The molecule has 6 heteroatoms. The molecule has 0 radical (unpaired) electrons. The number of likely N-dealkylation sites (N-methyl/N-ethyl adjacent to an activating group) is 1. The van der Waals surface area contributed by atoms with Crippen molar-refractivity contribution in [2.24, 2.45) is 0 Å². The molecule has 1 aliphatic heterocycles. The first-order chi connectivity index (χ1) is 10.5. The fourth-order valence-corrected chi connectivity index (χ4v) is 4.66. The molecule has 3 rings (SSSR count). The highest BCUT2D eigenvalue weighted by Crippen LogP contribution is 2.20. The molecule has 0 bridgehead atoms. The fraction of sp³-hybridized carbons (Fsp3) is 0.375. The van der Waals surface area contributed by atoms with Gasteiger partial charge in [-0.15, -0.1) is 0 Å². The van der Waals surface area contributed by atoms with Crippen LogP contribution >= 0.6 is 0 Å². The van der Waals surface area contributed by atoms with Crippen molar-refractivity contribution in [2.45, 2.75) is 18.9 Å². The lowest BCUT2D eigenvalue weighted by molar-refractivity contribution is -0.130. The molecule has 1 saturated heterocycles. The SMILES string of the molecule is CN(C(=O)Cc1cccc2cccnc12)[C@@H]1CCS(=O)(=O)C1. The van der Waals surface area contributed by atoms with Crippen LogP contribution in [0.5, 0.6) is 0 Å². The summed E-state index contributed by atoms with van der Waals surface area (Å²) < 4.78 is 23.1. The average Bonchev–Trinajstić information content (AvgIpc) is 2.87. The zero-order valence-electron chi connectivity index (χ0n) is 12.4. The normalized spacial score (nSPS) is 20.1. The number of nitrogens with zero attached hydrogens (tertiary/aromatic N) is 2. The van der Waals surface area contributed by atoms with Gasteiger partial charge in [-0.05, 0) is 18.1 Å². The molecule has 5 nitrogen and oxygen atoms in total. The number of pyridine rings is 1. The van der Waals surface area contributed by atoms with Gasteiger partial charge in [-0.25, -0.2) is 8.42 Å². The quantitative estimate of drug-likeness (QED) is 0.858. The minimum absolute atomic E-state index is 0.0692. The van der Waals surface area contributed by atoms with Crippen molar-refractivity contribution in [1.82, 2.24) is 9.88 Å². The maximum atomic E-state index is 12.5. The number of fused-ring (bicyclic) bond motifs is 1. The third kappa shape index (κ3) is 2.97. The van der Waals surface area contributed by atoms with Crippen LogP contribution in [0.2, 0.25) is 0 Å². The Morgan fingerprint density at radius 2 is 2.09 bits per heavy atom. The zero-order chi connectivity index (χ0) is 15.7. The van der Waals surface area contributed by atoms with Gasteiger partial charge < -0.3 is 4.90 Å². The summed E-state index contributed by atoms with van der Waals surface area (Å²) in [7, 11) is -1.30. The third-order valence-electron chi connectivity index (χ3n) is 4.21. The molecule has 2 heterocycles. The number of hydrogen-bond donors (Lipinski definition) is 0. The Bertz CT molecular complexity index is 812. The van der Waals surface area contributed by atoms with E-state index in [1.165, 1.54) is 0 Å². The van der Waals surface area contributed by atoms with Crippen molar-refractivity contribution < 1.29 is 13.2 Å². The number of benzene rings is 1.